The molecule has 146 valence electrons. The molecule has 0 radical (unpaired) electrons. The second kappa shape index (κ2) is 9.08. The van der Waals surface area contributed by atoms with Crippen LogP contribution in [0.4, 0.5) is 5.69 Å². The number of rotatable bonds is 8. The Morgan fingerprint density at radius 2 is 1.66 bits per heavy atom. The van der Waals surface area contributed by atoms with E-state index in [1.807, 2.05) is 72.9 Å². The van der Waals surface area contributed by atoms with Gasteiger partial charge in [-0.2, -0.15) is 0 Å². The number of anilines is 1. The lowest BCUT2D eigenvalue weighted by atomic mass is 10.1. The fourth-order valence-electron chi connectivity index (χ4n) is 3.23. The second-order valence-corrected chi connectivity index (χ2v) is 6.75. The van der Waals surface area contributed by atoms with E-state index in [2.05, 4.69) is 27.8 Å². The van der Waals surface area contributed by atoms with Crippen LogP contribution in [-0.2, 0) is 11.2 Å². The number of nitrogens with one attached hydrogen (secondary N) is 3. The number of amides is 1. The van der Waals surface area contributed by atoms with Gasteiger partial charge in [-0.3, -0.25) is 4.79 Å². The van der Waals surface area contributed by atoms with E-state index in [1.165, 1.54) is 10.9 Å². The van der Waals surface area contributed by atoms with Crippen molar-refractivity contribution in [1.82, 2.24) is 10.3 Å². The number of ether oxygens (including phenoxy) is 1. The van der Waals surface area contributed by atoms with Crippen LogP contribution in [0.3, 0.4) is 0 Å². The first-order valence-corrected chi connectivity index (χ1v) is 9.67. The van der Waals surface area contributed by atoms with E-state index in [0.29, 0.717) is 11.4 Å². The van der Waals surface area contributed by atoms with Crippen LogP contribution in [0.15, 0.2) is 85.1 Å². The third-order valence-corrected chi connectivity index (χ3v) is 4.66. The Morgan fingerprint density at radius 3 is 2.55 bits per heavy atom. The van der Waals surface area contributed by atoms with Gasteiger partial charge in [0.25, 0.3) is 0 Å². The van der Waals surface area contributed by atoms with Crippen molar-refractivity contribution in [3.63, 3.8) is 0 Å². The van der Waals surface area contributed by atoms with Gasteiger partial charge in [0.2, 0.25) is 5.91 Å². The lowest BCUT2D eigenvalue weighted by Gasteiger charge is -2.12. The monoisotopic (exact) mass is 385 g/mol. The van der Waals surface area contributed by atoms with Crippen LogP contribution in [0.5, 0.6) is 11.5 Å². The molecule has 3 aromatic carbocycles. The molecule has 0 fully saturated rings. The summed E-state index contributed by atoms with van der Waals surface area (Å²) in [5, 5.41) is 7.36. The van der Waals surface area contributed by atoms with Gasteiger partial charge in [-0.25, -0.2) is 0 Å². The number of benzene rings is 3. The highest BCUT2D eigenvalue weighted by atomic mass is 16.5. The van der Waals surface area contributed by atoms with Crippen molar-refractivity contribution >= 4 is 22.5 Å². The van der Waals surface area contributed by atoms with Gasteiger partial charge in [0.05, 0.1) is 12.2 Å². The lowest BCUT2D eigenvalue weighted by Crippen LogP contribution is -2.29. The molecule has 0 aliphatic heterocycles. The maximum absolute atomic E-state index is 12.4. The van der Waals surface area contributed by atoms with Gasteiger partial charge >= 0.3 is 0 Å². The second-order valence-electron chi connectivity index (χ2n) is 6.75. The molecule has 5 heteroatoms. The van der Waals surface area contributed by atoms with E-state index in [4.69, 9.17) is 4.74 Å². The normalized spacial score (nSPS) is 10.8. The Morgan fingerprint density at radius 1 is 0.897 bits per heavy atom. The predicted octanol–water partition coefficient (Wildman–Crippen LogP) is 4.73. The summed E-state index contributed by atoms with van der Waals surface area (Å²) in [6, 6.07) is 25.2. The van der Waals surface area contributed by atoms with E-state index < -0.39 is 0 Å². The van der Waals surface area contributed by atoms with E-state index in [-0.39, 0.29) is 12.5 Å². The first kappa shape index (κ1) is 18.8. The van der Waals surface area contributed by atoms with Crippen LogP contribution in [0.1, 0.15) is 5.56 Å². The molecule has 1 aromatic heterocycles. The summed E-state index contributed by atoms with van der Waals surface area (Å²) < 4.78 is 5.89. The van der Waals surface area contributed by atoms with Crippen LogP contribution in [0, 0.1) is 0 Å². The maximum atomic E-state index is 12.4. The third-order valence-electron chi connectivity index (χ3n) is 4.66. The molecule has 0 saturated carbocycles. The highest BCUT2D eigenvalue weighted by Gasteiger charge is 2.09. The van der Waals surface area contributed by atoms with E-state index in [1.54, 1.807) is 0 Å². The Labute approximate surface area is 169 Å². The average Bonchev–Trinajstić information content (AvgIpc) is 3.17. The number of H-pyrrole nitrogens is 1. The van der Waals surface area contributed by atoms with Gasteiger partial charge < -0.3 is 20.4 Å². The number of para-hydroxylation sites is 4. The SMILES string of the molecule is O=C(CNCCc1c[nH]c2ccccc12)Nc1ccccc1Oc1ccccc1. The summed E-state index contributed by atoms with van der Waals surface area (Å²) in [6.45, 7) is 0.958. The molecule has 0 atom stereocenters. The number of carbonyl (C=O) groups is 1. The van der Waals surface area contributed by atoms with Crippen molar-refractivity contribution in [3.8, 4) is 11.5 Å². The Hall–Kier alpha value is -3.57. The van der Waals surface area contributed by atoms with Crippen molar-refractivity contribution in [2.75, 3.05) is 18.4 Å². The highest BCUT2D eigenvalue weighted by Crippen LogP contribution is 2.28. The minimum Gasteiger partial charge on any atom is -0.455 e. The maximum Gasteiger partial charge on any atom is 0.238 e. The molecule has 4 aromatic rings. The first-order chi connectivity index (χ1) is 14.3. The van der Waals surface area contributed by atoms with E-state index in [0.717, 1.165) is 24.2 Å². The molecular weight excluding hydrogens is 362 g/mol. The van der Waals surface area contributed by atoms with Crippen molar-refractivity contribution < 1.29 is 9.53 Å². The molecule has 0 unspecified atom stereocenters. The molecule has 5 nitrogen and oxygen atoms in total. The van der Waals surface area contributed by atoms with Crippen LogP contribution in [0.2, 0.25) is 0 Å². The zero-order chi connectivity index (χ0) is 19.9. The lowest BCUT2D eigenvalue weighted by molar-refractivity contribution is -0.115. The summed E-state index contributed by atoms with van der Waals surface area (Å²) in [5.74, 6) is 1.24. The van der Waals surface area contributed by atoms with Gasteiger partial charge in [0, 0.05) is 17.1 Å². The van der Waals surface area contributed by atoms with Crippen LogP contribution in [-0.4, -0.2) is 24.0 Å². The topological polar surface area (TPSA) is 66.2 Å². The Kier molecular flexibility index (Phi) is 5.88. The molecule has 29 heavy (non-hydrogen) atoms. The Balaban J connectivity index is 1.29. The van der Waals surface area contributed by atoms with Gasteiger partial charge in [0.1, 0.15) is 5.75 Å². The number of hydrogen-bond acceptors (Lipinski definition) is 3. The number of fused-ring (bicyclic) bond motifs is 1. The predicted molar refractivity (Wildman–Crippen MR) is 116 cm³/mol. The molecule has 0 aliphatic rings. The largest absolute Gasteiger partial charge is 0.455 e. The first-order valence-electron chi connectivity index (χ1n) is 9.67. The molecule has 3 N–H and O–H groups in total. The molecule has 1 amide bonds. The van der Waals surface area contributed by atoms with Gasteiger partial charge in [-0.1, -0.05) is 48.5 Å². The molecular formula is C24H23N3O2. The average molecular weight is 385 g/mol. The van der Waals surface area contributed by atoms with Gasteiger partial charge in [0.15, 0.2) is 5.75 Å². The highest BCUT2D eigenvalue weighted by molar-refractivity contribution is 5.93. The van der Waals surface area contributed by atoms with E-state index in [9.17, 15) is 4.79 Å². The van der Waals surface area contributed by atoms with Crippen LogP contribution < -0.4 is 15.4 Å². The summed E-state index contributed by atoms with van der Waals surface area (Å²) in [6.07, 6.45) is 2.88. The molecule has 0 aliphatic carbocycles. The van der Waals surface area contributed by atoms with Gasteiger partial charge in [-0.15, -0.1) is 0 Å². The number of aromatic nitrogens is 1. The number of aromatic amines is 1. The zero-order valence-electron chi connectivity index (χ0n) is 16.0. The minimum absolute atomic E-state index is 0.104. The fraction of sp³-hybridized carbons (Fsp3) is 0.125. The summed E-state index contributed by atoms with van der Waals surface area (Å²) in [4.78, 5) is 15.6. The molecule has 0 bridgehead atoms. The standard InChI is InChI=1S/C24H23N3O2/c28-24(17-25-15-14-18-16-26-21-11-5-4-10-20(18)21)27-22-12-6-7-13-23(22)29-19-8-2-1-3-9-19/h1-13,16,25-26H,14-15,17H2,(H,27,28). The van der Waals surface area contributed by atoms with Gasteiger partial charge in [-0.05, 0) is 48.9 Å². The molecule has 0 spiro atoms. The zero-order valence-corrected chi connectivity index (χ0v) is 16.0. The van der Waals surface area contributed by atoms with Crippen molar-refractivity contribution in [3.05, 3.63) is 90.6 Å². The Bertz CT molecular complexity index is 1090. The summed E-state index contributed by atoms with van der Waals surface area (Å²) >= 11 is 0. The molecule has 4 rings (SSSR count). The quantitative estimate of drug-likeness (QED) is 0.384. The van der Waals surface area contributed by atoms with Crippen LogP contribution >= 0.6 is 0 Å². The van der Waals surface area contributed by atoms with E-state index >= 15 is 0 Å². The molecule has 0 saturated heterocycles. The number of hydrogen-bond donors (Lipinski definition) is 3. The molecule has 1 heterocycles. The number of carbonyl (C=O) groups excluding carboxylic acids is 1. The summed E-state index contributed by atoms with van der Waals surface area (Å²) in [7, 11) is 0. The van der Waals surface area contributed by atoms with Crippen molar-refractivity contribution in [1.29, 1.82) is 0 Å². The fourth-order valence-corrected chi connectivity index (χ4v) is 3.23. The smallest absolute Gasteiger partial charge is 0.238 e. The van der Waals surface area contributed by atoms with Crippen molar-refractivity contribution in [2.45, 2.75) is 6.42 Å². The summed E-state index contributed by atoms with van der Waals surface area (Å²) in [5.41, 5.74) is 3.03. The minimum atomic E-state index is -0.104. The third kappa shape index (κ3) is 4.83. The van der Waals surface area contributed by atoms with Crippen molar-refractivity contribution in [2.24, 2.45) is 0 Å². The van der Waals surface area contributed by atoms with Crippen LogP contribution in [0.25, 0.3) is 10.9 Å².